The summed E-state index contributed by atoms with van der Waals surface area (Å²) in [7, 11) is 3.75. The smallest absolute Gasteiger partial charge is 0.122 e. The van der Waals surface area contributed by atoms with Gasteiger partial charge in [0.2, 0.25) is 0 Å². The van der Waals surface area contributed by atoms with Crippen LogP contribution in [0.15, 0.2) is 18.2 Å². The van der Waals surface area contributed by atoms with E-state index in [1.807, 2.05) is 7.05 Å². The molecule has 1 rings (SSSR count). The van der Waals surface area contributed by atoms with E-state index in [0.717, 1.165) is 18.7 Å². The lowest BCUT2D eigenvalue weighted by molar-refractivity contribution is 0.408. The molecular formula is C16H27NO. The summed E-state index contributed by atoms with van der Waals surface area (Å²) >= 11 is 0. The first-order chi connectivity index (χ1) is 8.49. The van der Waals surface area contributed by atoms with Crippen molar-refractivity contribution in [2.45, 2.75) is 45.4 Å². The van der Waals surface area contributed by atoms with Gasteiger partial charge in [0.25, 0.3) is 0 Å². The van der Waals surface area contributed by atoms with Crippen LogP contribution in [0.1, 0.15) is 44.7 Å². The van der Waals surface area contributed by atoms with Gasteiger partial charge in [0, 0.05) is 0 Å². The van der Waals surface area contributed by atoms with Crippen LogP contribution in [0.4, 0.5) is 0 Å². The molecule has 0 unspecified atom stereocenters. The van der Waals surface area contributed by atoms with Crippen molar-refractivity contribution in [2.24, 2.45) is 0 Å². The van der Waals surface area contributed by atoms with Crippen molar-refractivity contribution in [2.75, 3.05) is 20.7 Å². The van der Waals surface area contributed by atoms with E-state index in [2.05, 4.69) is 44.3 Å². The van der Waals surface area contributed by atoms with Crippen LogP contribution >= 0.6 is 0 Å². The number of rotatable bonds is 6. The quantitative estimate of drug-likeness (QED) is 0.779. The molecule has 0 aliphatic rings. The van der Waals surface area contributed by atoms with Crippen molar-refractivity contribution in [1.29, 1.82) is 0 Å². The van der Waals surface area contributed by atoms with Crippen molar-refractivity contribution in [3.63, 3.8) is 0 Å². The van der Waals surface area contributed by atoms with E-state index in [4.69, 9.17) is 4.74 Å². The zero-order chi connectivity index (χ0) is 13.6. The third kappa shape index (κ3) is 4.34. The maximum absolute atomic E-state index is 5.45. The molecule has 0 saturated heterocycles. The molecule has 102 valence electrons. The Morgan fingerprint density at radius 3 is 2.44 bits per heavy atom. The normalized spacial score (nSPS) is 11.6. The number of hydrogen-bond acceptors (Lipinski definition) is 2. The topological polar surface area (TPSA) is 21.3 Å². The Balaban J connectivity index is 2.79. The van der Waals surface area contributed by atoms with E-state index >= 15 is 0 Å². The van der Waals surface area contributed by atoms with Gasteiger partial charge >= 0.3 is 0 Å². The first-order valence-electron chi connectivity index (χ1n) is 6.81. The van der Waals surface area contributed by atoms with Crippen LogP contribution in [-0.2, 0) is 11.8 Å². The highest BCUT2D eigenvalue weighted by molar-refractivity contribution is 5.39. The molecule has 1 aromatic carbocycles. The van der Waals surface area contributed by atoms with E-state index in [1.165, 1.54) is 24.0 Å². The molecule has 0 fully saturated rings. The lowest BCUT2D eigenvalue weighted by Crippen LogP contribution is -2.12. The predicted octanol–water partition coefficient (Wildman–Crippen LogP) is 3.53. The van der Waals surface area contributed by atoms with Crippen molar-refractivity contribution >= 4 is 0 Å². The SMILES string of the molecule is CNCCCCc1cc(C(C)(C)C)ccc1OC. The minimum absolute atomic E-state index is 0.200. The third-order valence-corrected chi connectivity index (χ3v) is 3.27. The largest absolute Gasteiger partial charge is 0.496 e. The fourth-order valence-electron chi connectivity index (χ4n) is 2.06. The van der Waals surface area contributed by atoms with Crippen LogP contribution in [0.25, 0.3) is 0 Å². The highest BCUT2D eigenvalue weighted by atomic mass is 16.5. The van der Waals surface area contributed by atoms with Gasteiger partial charge in [-0.1, -0.05) is 32.9 Å². The molecule has 0 aromatic heterocycles. The van der Waals surface area contributed by atoms with Gasteiger partial charge in [-0.15, -0.1) is 0 Å². The molecule has 1 aromatic rings. The average molecular weight is 249 g/mol. The van der Waals surface area contributed by atoms with Crippen molar-refractivity contribution < 1.29 is 4.74 Å². The zero-order valence-corrected chi connectivity index (χ0v) is 12.5. The first-order valence-corrected chi connectivity index (χ1v) is 6.81. The summed E-state index contributed by atoms with van der Waals surface area (Å²) in [6.07, 6.45) is 3.50. The molecular weight excluding hydrogens is 222 g/mol. The molecule has 2 nitrogen and oxygen atoms in total. The molecule has 0 radical (unpaired) electrons. The average Bonchev–Trinajstić information content (AvgIpc) is 2.33. The van der Waals surface area contributed by atoms with Gasteiger partial charge in [0.05, 0.1) is 7.11 Å². The van der Waals surface area contributed by atoms with E-state index in [-0.39, 0.29) is 5.41 Å². The Bertz CT molecular complexity index is 366. The summed E-state index contributed by atoms with van der Waals surface area (Å²) in [6.45, 7) is 7.83. The van der Waals surface area contributed by atoms with Gasteiger partial charge in [-0.05, 0) is 55.5 Å². The highest BCUT2D eigenvalue weighted by Crippen LogP contribution is 2.28. The molecule has 2 heteroatoms. The lowest BCUT2D eigenvalue weighted by atomic mass is 9.85. The molecule has 0 atom stereocenters. The monoisotopic (exact) mass is 249 g/mol. The fourth-order valence-corrected chi connectivity index (χ4v) is 2.06. The summed E-state index contributed by atoms with van der Waals surface area (Å²) in [6, 6.07) is 6.59. The van der Waals surface area contributed by atoms with Crippen LogP contribution in [0, 0.1) is 0 Å². The highest BCUT2D eigenvalue weighted by Gasteiger charge is 2.15. The number of aryl methyl sites for hydroxylation is 1. The molecule has 0 spiro atoms. The van der Waals surface area contributed by atoms with Gasteiger partial charge in [-0.3, -0.25) is 0 Å². The molecule has 0 amide bonds. The second kappa shape index (κ2) is 6.79. The lowest BCUT2D eigenvalue weighted by Gasteiger charge is -2.21. The van der Waals surface area contributed by atoms with Crippen molar-refractivity contribution in [1.82, 2.24) is 5.32 Å². The summed E-state index contributed by atoms with van der Waals surface area (Å²) < 4.78 is 5.45. The first kappa shape index (κ1) is 15.0. The van der Waals surface area contributed by atoms with Gasteiger partial charge in [-0.2, -0.15) is 0 Å². The molecule has 0 aliphatic carbocycles. The standard InChI is InChI=1S/C16H27NO/c1-16(2,3)14-9-10-15(18-5)13(12-14)8-6-7-11-17-4/h9-10,12,17H,6-8,11H2,1-5H3. The van der Waals surface area contributed by atoms with E-state index in [1.54, 1.807) is 7.11 Å². The van der Waals surface area contributed by atoms with E-state index in [9.17, 15) is 0 Å². The molecule has 0 aliphatic heterocycles. The van der Waals surface area contributed by atoms with Gasteiger partial charge in [0.1, 0.15) is 5.75 Å². The Hall–Kier alpha value is -1.02. The van der Waals surface area contributed by atoms with E-state index < -0.39 is 0 Å². The van der Waals surface area contributed by atoms with Crippen molar-refractivity contribution in [3.05, 3.63) is 29.3 Å². The second-order valence-corrected chi connectivity index (χ2v) is 5.84. The van der Waals surface area contributed by atoms with Crippen LogP contribution in [-0.4, -0.2) is 20.7 Å². The summed E-state index contributed by atoms with van der Waals surface area (Å²) in [4.78, 5) is 0. The number of methoxy groups -OCH3 is 1. The Morgan fingerprint density at radius 2 is 1.89 bits per heavy atom. The minimum atomic E-state index is 0.200. The Kier molecular flexibility index (Phi) is 5.67. The van der Waals surface area contributed by atoms with Crippen molar-refractivity contribution in [3.8, 4) is 5.75 Å². The van der Waals surface area contributed by atoms with Gasteiger partial charge in [-0.25, -0.2) is 0 Å². The van der Waals surface area contributed by atoms with Gasteiger partial charge < -0.3 is 10.1 Å². The second-order valence-electron chi connectivity index (χ2n) is 5.84. The third-order valence-electron chi connectivity index (χ3n) is 3.27. The number of nitrogens with one attached hydrogen (secondary N) is 1. The predicted molar refractivity (Wildman–Crippen MR) is 78.6 cm³/mol. The van der Waals surface area contributed by atoms with Gasteiger partial charge in [0.15, 0.2) is 0 Å². The maximum atomic E-state index is 5.45. The maximum Gasteiger partial charge on any atom is 0.122 e. The molecule has 0 bridgehead atoms. The Morgan fingerprint density at radius 1 is 1.17 bits per heavy atom. The fraction of sp³-hybridized carbons (Fsp3) is 0.625. The Labute approximate surface area is 112 Å². The molecule has 0 saturated carbocycles. The number of unbranched alkanes of at least 4 members (excludes halogenated alkanes) is 1. The van der Waals surface area contributed by atoms with E-state index in [0.29, 0.717) is 0 Å². The number of hydrogen-bond donors (Lipinski definition) is 1. The van der Waals surface area contributed by atoms with Crippen LogP contribution in [0.5, 0.6) is 5.75 Å². The summed E-state index contributed by atoms with van der Waals surface area (Å²) in [5, 5.41) is 3.19. The summed E-state index contributed by atoms with van der Waals surface area (Å²) in [5.41, 5.74) is 2.92. The molecule has 0 heterocycles. The van der Waals surface area contributed by atoms with Crippen LogP contribution in [0.3, 0.4) is 0 Å². The zero-order valence-electron chi connectivity index (χ0n) is 12.5. The molecule has 1 N–H and O–H groups in total. The summed E-state index contributed by atoms with van der Waals surface area (Å²) in [5.74, 6) is 1.02. The number of ether oxygens (including phenoxy) is 1. The minimum Gasteiger partial charge on any atom is -0.496 e. The molecule has 18 heavy (non-hydrogen) atoms. The van der Waals surface area contributed by atoms with Crippen LogP contribution in [0.2, 0.25) is 0 Å². The van der Waals surface area contributed by atoms with Crippen LogP contribution < -0.4 is 10.1 Å². The number of benzene rings is 1.